The number of nitrogens with one attached hydrogen (secondary N) is 1. The molecule has 1 aliphatic carbocycles. The quantitative estimate of drug-likeness (QED) is 0.0192. The maximum absolute atomic E-state index is 15.3. The Bertz CT molecular complexity index is 4560. The first kappa shape index (κ1) is 84.2. The van der Waals surface area contributed by atoms with Gasteiger partial charge < -0.3 is 88.1 Å². The molecule has 1 aromatic heterocycles. The Kier molecular flexibility index (Phi) is 25.1. The maximum Gasteiger partial charge on any atom is 0.377 e. The van der Waals surface area contributed by atoms with Gasteiger partial charge in [0.1, 0.15) is 17.3 Å². The van der Waals surface area contributed by atoms with Gasteiger partial charge in [-0.3, -0.25) is 24.2 Å². The number of rotatable bonds is 22. The molecular formula is C78H102ClN5O24S2. The Morgan fingerprint density at radius 3 is 2.05 bits per heavy atom. The van der Waals surface area contributed by atoms with Gasteiger partial charge in [-0.05, 0) is 149 Å². The van der Waals surface area contributed by atoms with Crippen LogP contribution >= 0.6 is 12.4 Å². The fourth-order valence-electron chi connectivity index (χ4n) is 19.1. The van der Waals surface area contributed by atoms with Gasteiger partial charge in [0.2, 0.25) is 17.8 Å². The molecule has 13 rings (SSSR count). The number of nitrogens with zero attached hydrogens (tertiary/aromatic N) is 4. The lowest BCUT2D eigenvalue weighted by molar-refractivity contribution is -0.228. The minimum absolute atomic E-state index is 0. The van der Waals surface area contributed by atoms with Crippen LogP contribution < -0.4 is 28.6 Å². The number of anilines is 1. The largest absolute Gasteiger partial charge is 0.505 e. The smallest absolute Gasteiger partial charge is 0.377 e. The molecule has 0 unspecified atom stereocenters. The molecule has 1 amide bonds. The summed E-state index contributed by atoms with van der Waals surface area (Å²) in [4.78, 5) is 78.7. The van der Waals surface area contributed by atoms with Crippen molar-refractivity contribution >= 4 is 79.0 Å². The summed E-state index contributed by atoms with van der Waals surface area (Å²) in [6.45, 7) is 8.73. The number of amides is 1. The van der Waals surface area contributed by atoms with Crippen molar-refractivity contribution in [3.63, 3.8) is 0 Å². The third kappa shape index (κ3) is 14.0. The van der Waals surface area contributed by atoms with E-state index in [1.165, 1.54) is 59.5 Å². The number of aromatic nitrogens is 1. The Hall–Kier alpha value is -8.24. The number of para-hydroxylation sites is 1. The number of aromatic amines is 1. The molecule has 8 aliphatic rings. The van der Waals surface area contributed by atoms with Crippen molar-refractivity contribution in [2.24, 2.45) is 11.3 Å². The number of aliphatic hydroxyl groups is 6. The van der Waals surface area contributed by atoms with E-state index in [4.69, 9.17) is 58.3 Å². The number of sulfone groups is 2. The number of carbonyl (C=O) groups excluding carboxylic acids is 5. The summed E-state index contributed by atoms with van der Waals surface area (Å²) >= 11 is 0. The molecule has 1 saturated carbocycles. The third-order valence-corrected chi connectivity index (χ3v) is 30.0. The van der Waals surface area contributed by atoms with Crippen LogP contribution in [0.5, 0.6) is 28.7 Å². The highest BCUT2D eigenvalue weighted by Crippen LogP contribution is 2.68. The maximum atomic E-state index is 15.3. The highest BCUT2D eigenvalue weighted by atomic mass is 35.5. The van der Waals surface area contributed by atoms with Crippen molar-refractivity contribution < 1.29 is 114 Å². The summed E-state index contributed by atoms with van der Waals surface area (Å²) < 4.78 is 101. The van der Waals surface area contributed by atoms with Gasteiger partial charge in [0.05, 0.1) is 85.2 Å². The normalized spacial score (nSPS) is 28.7. The van der Waals surface area contributed by atoms with Crippen LogP contribution in [0.3, 0.4) is 0 Å². The van der Waals surface area contributed by atoms with Crippen molar-refractivity contribution in [3.8, 4) is 28.7 Å². The topological polar surface area (TPSA) is 387 Å². The first-order valence-electron chi connectivity index (χ1n) is 36.6. The number of hydrogen-bond donors (Lipinski definition) is 7. The van der Waals surface area contributed by atoms with Gasteiger partial charge in [0.25, 0.3) is 0 Å². The number of carbonyl (C=O) groups is 5. The van der Waals surface area contributed by atoms with E-state index in [1.54, 1.807) is 26.4 Å². The SMILES string of the molecule is CC[C@]1(O)C[C@H]2C[N@](CCc3c([nH]c4ccccc34)[C@@](C(=O)OC)(c3cc4c(cc3OC)N(C=O)[C@H]3[C@@](O)(C(=O)OC)[C@H](OC(C)=O)[C@]5(CC)C=CCN6CC[C@]43[C@@H]65)C2)C1.COc1ccc(CCN(C)CCCC2(c3ccc(OC)c(OC)c3)S(=O)(=O)CCCS2(=O)=O)cc1OC.Cl.O=C1O[C@H]([C@@H](O)CO)C(O)=C1O. The lowest BCUT2D eigenvalue weighted by Crippen LogP contribution is -2.81. The summed E-state index contributed by atoms with van der Waals surface area (Å²) in [5.41, 5.74) is -1.87. The predicted octanol–water partition coefficient (Wildman–Crippen LogP) is 5.59. The second-order valence-electron chi connectivity index (χ2n) is 29.6. The van der Waals surface area contributed by atoms with Gasteiger partial charge >= 0.3 is 23.9 Å². The number of likely N-dealkylation sites (N-methyl/N-ethyl adjacent to an activating group) is 1. The highest BCUT2D eigenvalue weighted by molar-refractivity contribution is 8.10. The summed E-state index contributed by atoms with van der Waals surface area (Å²) in [7, 11) is 4.15. The lowest BCUT2D eigenvalue weighted by atomic mass is 9.47. The minimum atomic E-state index is -3.99. The van der Waals surface area contributed by atoms with E-state index in [9.17, 15) is 46.2 Å². The van der Waals surface area contributed by atoms with E-state index in [0.29, 0.717) is 142 Å². The number of H-pyrrole nitrogens is 1. The number of benzene rings is 4. The number of esters is 4. The van der Waals surface area contributed by atoms with E-state index in [2.05, 4.69) is 30.5 Å². The Labute approximate surface area is 646 Å². The molecular weight excluding hydrogens is 1490 g/mol. The number of methoxy groups -OCH3 is 7. The second kappa shape index (κ2) is 32.8. The number of ether oxygens (including phenoxy) is 9. The third-order valence-electron chi connectivity index (χ3n) is 23.9. The van der Waals surface area contributed by atoms with Gasteiger partial charge in [-0.25, -0.2) is 26.4 Å². The Morgan fingerprint density at radius 1 is 0.791 bits per heavy atom. The van der Waals surface area contributed by atoms with E-state index in [0.717, 1.165) is 28.5 Å². The monoisotopic (exact) mass is 1590 g/mol. The van der Waals surface area contributed by atoms with Crippen molar-refractivity contribution in [3.05, 3.63) is 130 Å². The van der Waals surface area contributed by atoms with Crippen LogP contribution in [0.2, 0.25) is 0 Å². The number of halogens is 1. The molecule has 110 heavy (non-hydrogen) atoms. The average molecular weight is 1590 g/mol. The van der Waals surface area contributed by atoms with E-state index in [-0.39, 0.29) is 54.7 Å². The van der Waals surface area contributed by atoms with Crippen LogP contribution in [0.25, 0.3) is 10.9 Å². The first-order valence-corrected chi connectivity index (χ1v) is 39.9. The number of cyclic esters (lactones) is 1. The fraction of sp³-hybridized carbons (Fsp3) is 0.551. The molecule has 5 aromatic rings. The summed E-state index contributed by atoms with van der Waals surface area (Å²) in [5.74, 6) is -3.17. The molecule has 32 heteroatoms. The minimum Gasteiger partial charge on any atom is -0.505 e. The Balaban J connectivity index is 0.000000218. The average Bonchev–Trinajstić information content (AvgIpc) is 1.46. The number of aliphatic hydroxyl groups excluding tert-OH is 4. The molecule has 3 saturated heterocycles. The molecule has 8 heterocycles. The van der Waals surface area contributed by atoms with Gasteiger partial charge in [-0.2, -0.15) is 0 Å². The zero-order valence-corrected chi connectivity index (χ0v) is 66.3. The van der Waals surface area contributed by atoms with Crippen LogP contribution in [0.15, 0.2) is 96.5 Å². The lowest BCUT2D eigenvalue weighted by Gasteiger charge is -2.63. The van der Waals surface area contributed by atoms with Crippen LogP contribution in [-0.4, -0.2) is 260 Å². The van der Waals surface area contributed by atoms with Gasteiger partial charge in [-0.15, -0.1) is 12.4 Å². The zero-order valence-electron chi connectivity index (χ0n) is 63.8. The number of hydrogen-bond acceptors (Lipinski definition) is 27. The molecule has 0 radical (unpaired) electrons. The Morgan fingerprint density at radius 2 is 1.45 bits per heavy atom. The van der Waals surface area contributed by atoms with Gasteiger partial charge in [0.15, 0.2) is 64.7 Å². The number of fused-ring (bicyclic) bond motifs is 6. The number of piperidine rings is 1. The molecule has 7 aliphatic heterocycles. The van der Waals surface area contributed by atoms with E-state index < -0.39 is 124 Å². The highest BCUT2D eigenvalue weighted by Gasteiger charge is 2.81. The molecule has 4 aromatic carbocycles. The van der Waals surface area contributed by atoms with Gasteiger partial charge in [0, 0.05) is 84.7 Å². The van der Waals surface area contributed by atoms with E-state index in [1.807, 2.05) is 75.5 Å². The molecule has 7 N–H and O–H groups in total. The van der Waals surface area contributed by atoms with Crippen molar-refractivity contribution in [2.75, 3.05) is 126 Å². The van der Waals surface area contributed by atoms with Crippen LogP contribution in [0, 0.1) is 11.3 Å². The van der Waals surface area contributed by atoms with Crippen molar-refractivity contribution in [2.45, 2.75) is 141 Å². The molecule has 4 fully saturated rings. The zero-order chi connectivity index (χ0) is 79.1. The van der Waals surface area contributed by atoms with Crippen molar-refractivity contribution in [1.82, 2.24) is 19.7 Å². The summed E-state index contributed by atoms with van der Waals surface area (Å²) in [5, 5.41) is 61.3. The molecule has 602 valence electrons. The van der Waals surface area contributed by atoms with E-state index >= 15 is 4.79 Å². The standard InChI is InChI=1S/C46H56N4O10.C26H37NO8S2.C6H8O6.ClH/c1-7-42(55)22-28-23-45(40(53)58-5,36-30(14-18-48(24-28)25-42)29-12-9-10-13-33(29)47-36)32-20-31-34(21-35(32)57-4)50(26-51)38-44(31)16-19-49-17-11-15-43(8-2,37(44)49)39(60-27(3)52)46(38,56)41(54)59-6;1-27(15-12-20-8-10-22(32-2)24(18-20)34-4)14-6-13-26(36(28,29)16-7-17-37(26,30)31)21-9-11-23(33-3)25(19-21)35-5;7-1-2(8)5-3(9)4(10)6(11)12-5;/h9-13,15,20-21,26,28,37-39,47,55-56H,7-8,14,16-19,22-25H2,1-6H3;8-11,18-19H,6-7,12-17H2,1-5H3;2,5,7-10H,1H2;1H/t28-,37+,38-,39-,42+,43-,44-,45+,46+;;2-,5+;/m1.0./s1. The van der Waals surface area contributed by atoms with Crippen LogP contribution in [-0.2, 0) is 90.3 Å². The second-order valence-corrected chi connectivity index (χ2v) is 34.5. The summed E-state index contributed by atoms with van der Waals surface area (Å²) in [6, 6.07) is 20.3. The van der Waals surface area contributed by atoms with Crippen LogP contribution in [0.1, 0.15) is 106 Å². The van der Waals surface area contributed by atoms with Crippen LogP contribution in [0.4, 0.5) is 5.69 Å². The summed E-state index contributed by atoms with van der Waals surface area (Å²) in [6.07, 6.45) is 4.25. The molecule has 29 nitrogen and oxygen atoms in total. The molecule has 1 spiro atoms. The van der Waals surface area contributed by atoms with Crippen molar-refractivity contribution in [1.29, 1.82) is 0 Å². The first-order chi connectivity index (χ1) is 51.9. The fourth-order valence-corrected chi connectivity index (χ4v) is 24.9. The molecule has 2 bridgehead atoms. The predicted molar refractivity (Wildman–Crippen MR) is 406 cm³/mol. The molecule has 12 atom stereocenters. The van der Waals surface area contributed by atoms with Gasteiger partial charge in [-0.1, -0.05) is 56.3 Å².